The minimum Gasteiger partial charge on any atom is -0.339 e. The summed E-state index contributed by atoms with van der Waals surface area (Å²) in [6, 6.07) is 0.210. The van der Waals surface area contributed by atoms with Gasteiger partial charge in [-0.05, 0) is 6.92 Å². The highest BCUT2D eigenvalue weighted by atomic mass is 32.1. The number of nitrogens with two attached hydrogens (primary N) is 1. The van der Waals surface area contributed by atoms with E-state index in [1.807, 2.05) is 11.8 Å². The summed E-state index contributed by atoms with van der Waals surface area (Å²) in [4.78, 5) is 15.5. The van der Waals surface area contributed by atoms with Crippen molar-refractivity contribution >= 4 is 18.5 Å². The van der Waals surface area contributed by atoms with Crippen molar-refractivity contribution in [2.24, 2.45) is 5.73 Å². The van der Waals surface area contributed by atoms with E-state index in [0.717, 1.165) is 32.7 Å². The molecule has 4 nitrogen and oxygen atoms in total. The van der Waals surface area contributed by atoms with E-state index in [9.17, 15) is 4.79 Å². The Bertz CT molecular complexity index is 190. The van der Waals surface area contributed by atoms with Gasteiger partial charge in [0.05, 0.1) is 5.75 Å². The zero-order valence-electron chi connectivity index (χ0n) is 8.65. The third kappa shape index (κ3) is 3.48. The van der Waals surface area contributed by atoms with Gasteiger partial charge in [-0.15, -0.1) is 0 Å². The maximum absolute atomic E-state index is 11.3. The molecule has 0 bridgehead atoms. The molecule has 14 heavy (non-hydrogen) atoms. The number of nitrogens with zero attached hydrogens (tertiary/aromatic N) is 2. The predicted molar refractivity (Wildman–Crippen MR) is 60.5 cm³/mol. The Morgan fingerprint density at radius 1 is 1.43 bits per heavy atom. The van der Waals surface area contributed by atoms with Crippen LogP contribution < -0.4 is 5.73 Å². The van der Waals surface area contributed by atoms with E-state index in [0.29, 0.717) is 5.75 Å². The highest BCUT2D eigenvalue weighted by molar-refractivity contribution is 7.81. The molecule has 0 aromatic carbocycles. The Balaban J connectivity index is 2.27. The molecule has 2 N–H and O–H groups in total. The number of thiol groups is 1. The van der Waals surface area contributed by atoms with Crippen LogP contribution >= 0.6 is 12.6 Å². The molecule has 1 unspecified atom stereocenters. The van der Waals surface area contributed by atoms with E-state index in [-0.39, 0.29) is 11.9 Å². The first-order chi connectivity index (χ1) is 6.63. The van der Waals surface area contributed by atoms with Gasteiger partial charge in [0.1, 0.15) is 0 Å². The zero-order chi connectivity index (χ0) is 10.6. The van der Waals surface area contributed by atoms with Crippen molar-refractivity contribution in [3.8, 4) is 0 Å². The quantitative estimate of drug-likeness (QED) is 0.621. The normalized spacial score (nSPS) is 20.9. The molecule has 0 aromatic rings. The van der Waals surface area contributed by atoms with E-state index in [2.05, 4.69) is 17.5 Å². The van der Waals surface area contributed by atoms with Gasteiger partial charge in [0.25, 0.3) is 0 Å². The number of hydrogen-bond acceptors (Lipinski definition) is 4. The fraction of sp³-hybridized carbons (Fsp3) is 0.889. The van der Waals surface area contributed by atoms with E-state index in [4.69, 9.17) is 5.73 Å². The fourth-order valence-electron chi connectivity index (χ4n) is 1.69. The highest BCUT2D eigenvalue weighted by Gasteiger charge is 2.20. The van der Waals surface area contributed by atoms with E-state index in [1.54, 1.807) is 0 Å². The van der Waals surface area contributed by atoms with Crippen LogP contribution in [-0.4, -0.2) is 60.2 Å². The van der Waals surface area contributed by atoms with Crippen molar-refractivity contribution < 1.29 is 4.79 Å². The van der Waals surface area contributed by atoms with Crippen molar-refractivity contribution in [2.45, 2.75) is 13.0 Å². The Kier molecular flexibility index (Phi) is 4.71. The lowest BCUT2D eigenvalue weighted by molar-refractivity contribution is -0.130. The molecule has 1 rings (SSSR count). The molecule has 1 fully saturated rings. The molecule has 0 aliphatic carbocycles. The van der Waals surface area contributed by atoms with Crippen LogP contribution in [0.3, 0.4) is 0 Å². The van der Waals surface area contributed by atoms with Crippen molar-refractivity contribution in [3.63, 3.8) is 0 Å². The van der Waals surface area contributed by atoms with Crippen LogP contribution in [0.15, 0.2) is 0 Å². The molecule has 1 amide bonds. The molecule has 0 radical (unpaired) electrons. The first kappa shape index (κ1) is 11.8. The summed E-state index contributed by atoms with van der Waals surface area (Å²) in [5.74, 6) is 0.446. The molecule has 0 spiro atoms. The van der Waals surface area contributed by atoms with Gasteiger partial charge in [0, 0.05) is 38.8 Å². The standard InChI is InChI=1S/C9H19N3OS/c1-8(10)6-11-2-4-12(5-3-11)9(13)7-14/h8,14H,2-7,10H2,1H3. The smallest absolute Gasteiger partial charge is 0.232 e. The lowest BCUT2D eigenvalue weighted by Gasteiger charge is -2.35. The molecule has 1 heterocycles. The topological polar surface area (TPSA) is 49.6 Å². The van der Waals surface area contributed by atoms with Gasteiger partial charge in [-0.2, -0.15) is 12.6 Å². The maximum atomic E-state index is 11.3. The van der Waals surface area contributed by atoms with E-state index in [1.165, 1.54) is 0 Å². The Morgan fingerprint density at radius 2 is 2.00 bits per heavy atom. The molecule has 1 atom stereocenters. The van der Waals surface area contributed by atoms with Crippen LogP contribution in [0.2, 0.25) is 0 Å². The van der Waals surface area contributed by atoms with E-state index < -0.39 is 0 Å². The van der Waals surface area contributed by atoms with Gasteiger partial charge < -0.3 is 10.6 Å². The lowest BCUT2D eigenvalue weighted by Crippen LogP contribution is -2.51. The summed E-state index contributed by atoms with van der Waals surface area (Å²) < 4.78 is 0. The largest absolute Gasteiger partial charge is 0.339 e. The van der Waals surface area contributed by atoms with Crippen molar-refractivity contribution in [1.82, 2.24) is 9.80 Å². The maximum Gasteiger partial charge on any atom is 0.232 e. The second kappa shape index (κ2) is 5.58. The van der Waals surface area contributed by atoms with Crippen molar-refractivity contribution in [2.75, 3.05) is 38.5 Å². The van der Waals surface area contributed by atoms with Crippen LogP contribution in [0.4, 0.5) is 0 Å². The molecular formula is C9H19N3OS. The molecule has 5 heteroatoms. The number of hydrogen-bond donors (Lipinski definition) is 2. The number of carbonyl (C=O) groups is 1. The number of piperazine rings is 1. The fourth-order valence-corrected chi connectivity index (χ4v) is 1.89. The van der Waals surface area contributed by atoms with Crippen molar-refractivity contribution in [1.29, 1.82) is 0 Å². The molecule has 0 saturated carbocycles. The second-order valence-electron chi connectivity index (χ2n) is 3.82. The van der Waals surface area contributed by atoms with Gasteiger partial charge in [-0.25, -0.2) is 0 Å². The van der Waals surface area contributed by atoms with Gasteiger partial charge in [-0.1, -0.05) is 0 Å². The molecule has 1 aliphatic rings. The first-order valence-corrected chi connectivity index (χ1v) is 5.63. The van der Waals surface area contributed by atoms with Gasteiger partial charge in [0.2, 0.25) is 5.91 Å². The average molecular weight is 217 g/mol. The highest BCUT2D eigenvalue weighted by Crippen LogP contribution is 2.03. The zero-order valence-corrected chi connectivity index (χ0v) is 9.54. The lowest BCUT2D eigenvalue weighted by atomic mass is 10.2. The summed E-state index contributed by atoms with van der Waals surface area (Å²) in [6.07, 6.45) is 0. The number of amides is 1. The molecule has 1 aliphatic heterocycles. The molecule has 0 aromatic heterocycles. The van der Waals surface area contributed by atoms with E-state index >= 15 is 0 Å². The monoisotopic (exact) mass is 217 g/mol. The number of rotatable bonds is 3. The summed E-state index contributed by atoms with van der Waals surface area (Å²) in [7, 11) is 0. The van der Waals surface area contributed by atoms with Crippen LogP contribution in [0, 0.1) is 0 Å². The Labute approximate surface area is 90.8 Å². The van der Waals surface area contributed by atoms with Crippen molar-refractivity contribution in [3.05, 3.63) is 0 Å². The SMILES string of the molecule is CC(N)CN1CCN(C(=O)CS)CC1. The average Bonchev–Trinajstić information content (AvgIpc) is 2.17. The molecular weight excluding hydrogens is 198 g/mol. The molecule has 82 valence electrons. The summed E-state index contributed by atoms with van der Waals surface area (Å²) in [5, 5.41) is 0. The first-order valence-electron chi connectivity index (χ1n) is 5.00. The van der Waals surface area contributed by atoms with Gasteiger partial charge >= 0.3 is 0 Å². The van der Waals surface area contributed by atoms with Crippen LogP contribution in [-0.2, 0) is 4.79 Å². The third-order valence-corrected chi connectivity index (χ3v) is 2.68. The summed E-state index contributed by atoms with van der Waals surface area (Å²) in [5.41, 5.74) is 5.71. The van der Waals surface area contributed by atoms with Gasteiger partial charge in [-0.3, -0.25) is 9.69 Å². The summed E-state index contributed by atoms with van der Waals surface area (Å²) >= 11 is 3.98. The van der Waals surface area contributed by atoms with Crippen LogP contribution in [0.25, 0.3) is 0 Å². The Hall–Kier alpha value is -0.260. The predicted octanol–water partition coefficient (Wildman–Crippen LogP) is -0.592. The minimum atomic E-state index is 0.133. The summed E-state index contributed by atoms with van der Waals surface area (Å²) in [6.45, 7) is 6.41. The molecule has 1 saturated heterocycles. The van der Waals surface area contributed by atoms with Gasteiger partial charge in [0.15, 0.2) is 0 Å². The van der Waals surface area contributed by atoms with Crippen LogP contribution in [0.1, 0.15) is 6.92 Å². The minimum absolute atomic E-state index is 0.133. The Morgan fingerprint density at radius 3 is 2.43 bits per heavy atom. The van der Waals surface area contributed by atoms with Crippen LogP contribution in [0.5, 0.6) is 0 Å². The number of carbonyl (C=O) groups excluding carboxylic acids is 1. The third-order valence-electron chi connectivity index (χ3n) is 2.41. The second-order valence-corrected chi connectivity index (χ2v) is 4.13.